The van der Waals surface area contributed by atoms with Crippen molar-refractivity contribution in [3.8, 4) is 11.1 Å². The maximum Gasteiger partial charge on any atom is 0.176 e. The topological polar surface area (TPSA) is 84.4 Å². The molecule has 0 bridgehead atoms. The summed E-state index contributed by atoms with van der Waals surface area (Å²) in [6.07, 6.45) is 3.34. The molecule has 0 unspecified atom stereocenters. The van der Waals surface area contributed by atoms with Crippen LogP contribution in [0.1, 0.15) is 47.8 Å². The Kier molecular flexibility index (Phi) is 5.72. The number of rotatable bonds is 5. The molecule has 0 aliphatic carbocycles. The molecule has 0 saturated carbocycles. The van der Waals surface area contributed by atoms with Gasteiger partial charge in [-0.1, -0.05) is 17.3 Å². The van der Waals surface area contributed by atoms with E-state index in [-0.39, 0.29) is 0 Å². The van der Waals surface area contributed by atoms with Crippen molar-refractivity contribution in [2.24, 2.45) is 4.99 Å². The Hall–Kier alpha value is -3.64. The van der Waals surface area contributed by atoms with Crippen LogP contribution in [0.5, 0.6) is 0 Å². The van der Waals surface area contributed by atoms with Gasteiger partial charge in [0.25, 0.3) is 0 Å². The predicted octanol–water partition coefficient (Wildman–Crippen LogP) is 5.45. The third-order valence-corrected chi connectivity index (χ3v) is 5.42. The molecule has 3 aromatic heterocycles. The summed E-state index contributed by atoms with van der Waals surface area (Å²) in [4.78, 5) is 13.8. The second-order valence-corrected chi connectivity index (χ2v) is 8.09. The monoisotopic (exact) mass is 426 g/mol. The highest BCUT2D eigenvalue weighted by molar-refractivity contribution is 5.84. The maximum atomic E-state index is 12.4. The maximum absolute atomic E-state index is 12.4. The molecule has 0 atom stereocenters. The molecule has 32 heavy (non-hydrogen) atoms. The zero-order chi connectivity index (χ0) is 22.9. The number of nitrogens with zero attached hydrogens (tertiary/aromatic N) is 4. The minimum Gasteiger partial charge on any atom is -0.373 e. The number of aryl methyl sites for hydroxylation is 3. The van der Waals surface area contributed by atoms with E-state index in [1.165, 1.54) is 0 Å². The number of hydrogen-bond acceptors (Lipinski definition) is 6. The number of hydrogen-bond donors (Lipinski definition) is 1. The van der Waals surface area contributed by atoms with Crippen LogP contribution in [0.25, 0.3) is 11.1 Å². The van der Waals surface area contributed by atoms with Gasteiger partial charge in [-0.3, -0.25) is 15.0 Å². The van der Waals surface area contributed by atoms with Gasteiger partial charge in [-0.05, 0) is 82.1 Å². The second kappa shape index (κ2) is 8.48. The first-order valence-electron chi connectivity index (χ1n) is 10.5. The van der Waals surface area contributed by atoms with Crippen molar-refractivity contribution in [1.29, 1.82) is 0 Å². The predicted molar refractivity (Wildman–Crippen MR) is 125 cm³/mol. The lowest BCUT2D eigenvalue weighted by molar-refractivity contribution is 0.116. The number of aliphatic imine (C=N–C) groups is 1. The minimum atomic E-state index is -1.61. The van der Waals surface area contributed by atoms with Crippen LogP contribution in [0.15, 0.2) is 70.4 Å². The van der Waals surface area contributed by atoms with Crippen molar-refractivity contribution in [3.63, 3.8) is 0 Å². The van der Waals surface area contributed by atoms with Gasteiger partial charge in [-0.25, -0.2) is 0 Å². The third kappa shape index (κ3) is 3.74. The molecule has 0 spiro atoms. The molecule has 6 nitrogen and oxygen atoms in total. The SMILES string of the molecule is CC(C)=Nc1c(C)cc(-c2c(C)noc2C)cc1C(O)(c1ccccn1)c1ccccn1. The normalized spacial score (nSPS) is 11.4. The smallest absolute Gasteiger partial charge is 0.176 e. The second-order valence-electron chi connectivity index (χ2n) is 8.09. The van der Waals surface area contributed by atoms with Gasteiger partial charge in [0.05, 0.1) is 22.8 Å². The molecule has 0 saturated heterocycles. The molecule has 6 heteroatoms. The van der Waals surface area contributed by atoms with Crippen LogP contribution in [0.4, 0.5) is 5.69 Å². The van der Waals surface area contributed by atoms with E-state index >= 15 is 0 Å². The number of benzene rings is 1. The quantitative estimate of drug-likeness (QED) is 0.429. The molecule has 0 amide bonds. The molecule has 0 aliphatic rings. The van der Waals surface area contributed by atoms with Gasteiger partial charge < -0.3 is 9.63 Å². The number of pyridine rings is 2. The summed E-state index contributed by atoms with van der Waals surface area (Å²) in [7, 11) is 0. The highest BCUT2D eigenvalue weighted by atomic mass is 16.5. The summed E-state index contributed by atoms with van der Waals surface area (Å²) in [5.41, 5.74) is 5.01. The zero-order valence-corrected chi connectivity index (χ0v) is 18.9. The Balaban J connectivity index is 2.11. The molecule has 3 heterocycles. The van der Waals surface area contributed by atoms with E-state index in [2.05, 4.69) is 21.2 Å². The van der Waals surface area contributed by atoms with E-state index < -0.39 is 5.60 Å². The van der Waals surface area contributed by atoms with Gasteiger partial charge in [0.15, 0.2) is 5.60 Å². The zero-order valence-electron chi connectivity index (χ0n) is 18.9. The van der Waals surface area contributed by atoms with E-state index in [1.54, 1.807) is 24.5 Å². The lowest BCUT2D eigenvalue weighted by Gasteiger charge is -2.30. The molecule has 1 aromatic carbocycles. The fourth-order valence-electron chi connectivity index (χ4n) is 4.03. The van der Waals surface area contributed by atoms with Crippen molar-refractivity contribution in [2.75, 3.05) is 0 Å². The summed E-state index contributed by atoms with van der Waals surface area (Å²) in [6.45, 7) is 9.66. The Morgan fingerprint density at radius 3 is 2.03 bits per heavy atom. The van der Waals surface area contributed by atoms with Gasteiger partial charge in [-0.15, -0.1) is 0 Å². The molecule has 4 aromatic rings. The lowest BCUT2D eigenvalue weighted by Crippen LogP contribution is -2.31. The highest BCUT2D eigenvalue weighted by Crippen LogP contribution is 2.44. The van der Waals surface area contributed by atoms with Crippen LogP contribution in [0.3, 0.4) is 0 Å². The van der Waals surface area contributed by atoms with E-state index in [4.69, 9.17) is 9.52 Å². The summed E-state index contributed by atoms with van der Waals surface area (Å²) < 4.78 is 5.41. The molecule has 162 valence electrons. The first-order valence-corrected chi connectivity index (χ1v) is 10.5. The Bertz CT molecular complexity index is 1220. The van der Waals surface area contributed by atoms with Gasteiger partial charge >= 0.3 is 0 Å². The van der Waals surface area contributed by atoms with Gasteiger partial charge in [0.2, 0.25) is 0 Å². The molecule has 0 fully saturated rings. The van der Waals surface area contributed by atoms with Crippen LogP contribution in [-0.2, 0) is 5.60 Å². The van der Waals surface area contributed by atoms with Crippen molar-refractivity contribution < 1.29 is 9.63 Å². The minimum absolute atomic E-state index is 0.471. The van der Waals surface area contributed by atoms with E-state index in [0.717, 1.165) is 33.9 Å². The number of aliphatic hydroxyl groups is 1. The molecular weight excluding hydrogens is 400 g/mol. The summed E-state index contributed by atoms with van der Waals surface area (Å²) >= 11 is 0. The number of aromatic nitrogens is 3. The van der Waals surface area contributed by atoms with Crippen molar-refractivity contribution in [2.45, 2.75) is 40.2 Å². The summed E-state index contributed by atoms with van der Waals surface area (Å²) in [5.74, 6) is 0.718. The van der Waals surface area contributed by atoms with E-state index in [0.29, 0.717) is 22.6 Å². The fraction of sp³-hybridized carbons (Fsp3) is 0.231. The fourth-order valence-corrected chi connectivity index (χ4v) is 4.03. The van der Waals surface area contributed by atoms with Gasteiger partial charge in [0.1, 0.15) is 5.76 Å². The van der Waals surface area contributed by atoms with Crippen molar-refractivity contribution in [1.82, 2.24) is 15.1 Å². The van der Waals surface area contributed by atoms with Crippen LogP contribution in [0, 0.1) is 20.8 Å². The average molecular weight is 427 g/mol. The van der Waals surface area contributed by atoms with Crippen LogP contribution in [-0.4, -0.2) is 25.9 Å². The molecular formula is C26H26N4O2. The summed E-state index contributed by atoms with van der Waals surface area (Å²) in [5, 5.41) is 16.5. The summed E-state index contributed by atoms with van der Waals surface area (Å²) in [6, 6.07) is 15.0. The van der Waals surface area contributed by atoms with E-state index in [9.17, 15) is 5.11 Å². The highest BCUT2D eigenvalue weighted by Gasteiger charge is 2.39. The Labute approximate surface area is 187 Å². The molecule has 1 N–H and O–H groups in total. The molecule has 0 aliphatic heterocycles. The van der Waals surface area contributed by atoms with Crippen LogP contribution in [0.2, 0.25) is 0 Å². The van der Waals surface area contributed by atoms with Crippen LogP contribution < -0.4 is 0 Å². The first kappa shape index (κ1) is 21.6. The average Bonchev–Trinajstić information content (AvgIpc) is 3.13. The van der Waals surface area contributed by atoms with Gasteiger partial charge in [-0.2, -0.15) is 0 Å². The molecule has 0 radical (unpaired) electrons. The standard InChI is InChI=1S/C26H26N4O2/c1-16(2)29-25-17(3)14-20(24-18(4)30-32-19(24)5)15-21(25)26(31,22-10-6-8-12-27-22)23-11-7-9-13-28-23/h6-15,31H,1-5H3. The largest absolute Gasteiger partial charge is 0.373 e. The Morgan fingerprint density at radius 2 is 1.56 bits per heavy atom. The van der Waals surface area contributed by atoms with Gasteiger partial charge in [0, 0.05) is 29.2 Å². The molecule has 4 rings (SSSR count). The Morgan fingerprint density at radius 1 is 0.938 bits per heavy atom. The van der Waals surface area contributed by atoms with Crippen LogP contribution >= 0.6 is 0 Å². The van der Waals surface area contributed by atoms with Crippen molar-refractivity contribution >= 4 is 11.4 Å². The third-order valence-electron chi connectivity index (χ3n) is 5.42. The van der Waals surface area contributed by atoms with E-state index in [1.807, 2.05) is 65.0 Å². The first-order chi connectivity index (χ1) is 15.3. The van der Waals surface area contributed by atoms with Crippen molar-refractivity contribution in [3.05, 3.63) is 94.9 Å². The lowest BCUT2D eigenvalue weighted by atomic mass is 9.82.